The van der Waals surface area contributed by atoms with Crippen molar-refractivity contribution in [1.29, 1.82) is 0 Å². The quantitative estimate of drug-likeness (QED) is 0.688. The summed E-state index contributed by atoms with van der Waals surface area (Å²) in [6, 6.07) is 3.11. The molecule has 0 saturated heterocycles. The Kier molecular flexibility index (Phi) is 7.79. The Morgan fingerprint density at radius 1 is 1.29 bits per heavy atom. The third kappa shape index (κ3) is 6.86. The molecule has 0 bridgehead atoms. The van der Waals surface area contributed by atoms with Gasteiger partial charge in [0.25, 0.3) is 10.0 Å². The molecular formula is C14H26N2O3S2. The van der Waals surface area contributed by atoms with E-state index in [1.807, 2.05) is 13.2 Å². The molecule has 2 N–H and O–H groups in total. The molecule has 0 saturated carbocycles. The van der Waals surface area contributed by atoms with Crippen LogP contribution in [0, 0.1) is 5.92 Å². The Balaban J connectivity index is 2.57. The summed E-state index contributed by atoms with van der Waals surface area (Å²) in [6.07, 6.45) is 2.80. The molecule has 0 aliphatic heterocycles. The largest absolute Gasteiger partial charge is 0.447 e. The molecule has 21 heavy (non-hydrogen) atoms. The summed E-state index contributed by atoms with van der Waals surface area (Å²) in [7, 11) is -3.56. The molecule has 1 rings (SSSR count). The molecular weight excluding hydrogens is 308 g/mol. The van der Waals surface area contributed by atoms with Crippen molar-refractivity contribution < 1.29 is 12.8 Å². The van der Waals surface area contributed by atoms with Crippen molar-refractivity contribution in [3.63, 3.8) is 0 Å². The van der Waals surface area contributed by atoms with E-state index in [2.05, 4.69) is 23.9 Å². The van der Waals surface area contributed by atoms with Crippen LogP contribution in [-0.4, -0.2) is 33.0 Å². The average molecular weight is 335 g/mol. The molecule has 0 aliphatic carbocycles. The molecule has 0 aromatic carbocycles. The Morgan fingerprint density at radius 2 is 2.00 bits per heavy atom. The topological polar surface area (TPSA) is 71.3 Å². The second-order valence-electron chi connectivity index (χ2n) is 5.55. The maximum atomic E-state index is 12.2. The zero-order valence-corrected chi connectivity index (χ0v) is 14.8. The predicted octanol–water partition coefficient (Wildman–Crippen LogP) is 2.45. The average Bonchev–Trinajstić information content (AvgIpc) is 2.85. The molecule has 1 unspecified atom stereocenters. The standard InChI is InChI=1S/C14H26N2O3S2/c1-11(2)9-15-10-13-5-6-14(19-13)21(17,18)16-12(3)7-8-20-4/h5-6,11-12,15-16H,7-10H2,1-4H3. The van der Waals surface area contributed by atoms with E-state index in [0.29, 0.717) is 18.2 Å². The SMILES string of the molecule is CSCCC(C)NS(=O)(=O)c1ccc(CNCC(C)C)o1. The number of nitrogens with one attached hydrogen (secondary N) is 2. The van der Waals surface area contributed by atoms with Crippen LogP contribution < -0.4 is 10.0 Å². The van der Waals surface area contributed by atoms with E-state index in [1.54, 1.807) is 17.8 Å². The number of rotatable bonds is 10. The molecule has 0 radical (unpaired) electrons. The van der Waals surface area contributed by atoms with Gasteiger partial charge in [0.2, 0.25) is 5.09 Å². The van der Waals surface area contributed by atoms with E-state index in [9.17, 15) is 8.42 Å². The van der Waals surface area contributed by atoms with Crippen LogP contribution in [0.5, 0.6) is 0 Å². The first-order chi connectivity index (χ1) is 9.85. The fourth-order valence-corrected chi connectivity index (χ4v) is 3.58. The van der Waals surface area contributed by atoms with Crippen LogP contribution in [0.2, 0.25) is 0 Å². The lowest BCUT2D eigenvalue weighted by Gasteiger charge is -2.12. The zero-order valence-electron chi connectivity index (χ0n) is 13.2. The van der Waals surface area contributed by atoms with E-state index in [-0.39, 0.29) is 11.1 Å². The smallest absolute Gasteiger partial charge is 0.274 e. The van der Waals surface area contributed by atoms with Crippen LogP contribution in [0.25, 0.3) is 0 Å². The van der Waals surface area contributed by atoms with Gasteiger partial charge in [-0.2, -0.15) is 11.8 Å². The normalized spacial score (nSPS) is 13.8. The van der Waals surface area contributed by atoms with Crippen LogP contribution in [-0.2, 0) is 16.6 Å². The summed E-state index contributed by atoms with van der Waals surface area (Å²) >= 11 is 1.70. The van der Waals surface area contributed by atoms with Crippen molar-refractivity contribution in [3.8, 4) is 0 Å². The molecule has 122 valence electrons. The number of thioether (sulfide) groups is 1. The monoisotopic (exact) mass is 334 g/mol. The molecule has 0 spiro atoms. The Bertz CT molecular complexity index is 512. The number of furan rings is 1. The van der Waals surface area contributed by atoms with Crippen molar-refractivity contribution in [2.24, 2.45) is 5.92 Å². The zero-order chi connectivity index (χ0) is 15.9. The van der Waals surface area contributed by atoms with Gasteiger partial charge in [-0.1, -0.05) is 13.8 Å². The highest BCUT2D eigenvalue weighted by Crippen LogP contribution is 2.15. The minimum atomic E-state index is -3.56. The number of hydrogen-bond acceptors (Lipinski definition) is 5. The fraction of sp³-hybridized carbons (Fsp3) is 0.714. The van der Waals surface area contributed by atoms with Crippen molar-refractivity contribution in [3.05, 3.63) is 17.9 Å². The summed E-state index contributed by atoms with van der Waals surface area (Å²) in [5, 5.41) is 3.21. The fourth-order valence-electron chi connectivity index (χ4n) is 1.76. The van der Waals surface area contributed by atoms with E-state index < -0.39 is 10.0 Å². The van der Waals surface area contributed by atoms with Crippen LogP contribution in [0.1, 0.15) is 33.0 Å². The van der Waals surface area contributed by atoms with Crippen LogP contribution in [0.4, 0.5) is 0 Å². The highest BCUT2D eigenvalue weighted by molar-refractivity contribution is 7.98. The Labute approximate surface area is 132 Å². The highest BCUT2D eigenvalue weighted by atomic mass is 32.2. The lowest BCUT2D eigenvalue weighted by atomic mass is 10.2. The van der Waals surface area contributed by atoms with Crippen molar-refractivity contribution in [1.82, 2.24) is 10.0 Å². The third-order valence-corrected chi connectivity index (χ3v) is 4.97. The van der Waals surface area contributed by atoms with Gasteiger partial charge in [-0.3, -0.25) is 0 Å². The maximum Gasteiger partial charge on any atom is 0.274 e. The second kappa shape index (κ2) is 8.82. The highest BCUT2D eigenvalue weighted by Gasteiger charge is 2.21. The van der Waals surface area contributed by atoms with Gasteiger partial charge < -0.3 is 9.73 Å². The third-order valence-electron chi connectivity index (χ3n) is 2.86. The van der Waals surface area contributed by atoms with Gasteiger partial charge in [0.15, 0.2) is 0 Å². The first-order valence-corrected chi connectivity index (χ1v) is 10.0. The minimum absolute atomic E-state index is 0.0140. The van der Waals surface area contributed by atoms with E-state index in [1.165, 1.54) is 6.07 Å². The summed E-state index contributed by atoms with van der Waals surface area (Å²) in [5.74, 6) is 2.10. The number of hydrogen-bond donors (Lipinski definition) is 2. The lowest BCUT2D eigenvalue weighted by molar-refractivity contribution is 0.393. The van der Waals surface area contributed by atoms with Gasteiger partial charge in [-0.25, -0.2) is 13.1 Å². The van der Waals surface area contributed by atoms with Crippen molar-refractivity contribution in [2.75, 3.05) is 18.6 Å². The van der Waals surface area contributed by atoms with Gasteiger partial charge >= 0.3 is 0 Å². The summed E-state index contributed by atoms with van der Waals surface area (Å²) in [4.78, 5) is 0. The second-order valence-corrected chi connectivity index (χ2v) is 8.18. The molecule has 5 nitrogen and oxygen atoms in total. The summed E-state index contributed by atoms with van der Waals surface area (Å²) in [5.41, 5.74) is 0. The first kappa shape index (κ1) is 18.5. The van der Waals surface area contributed by atoms with Crippen LogP contribution in [0.3, 0.4) is 0 Å². The van der Waals surface area contributed by atoms with Gasteiger partial charge in [-0.15, -0.1) is 0 Å². The van der Waals surface area contributed by atoms with Gasteiger partial charge in [0.05, 0.1) is 6.54 Å². The summed E-state index contributed by atoms with van der Waals surface area (Å²) in [6.45, 7) is 7.50. The van der Waals surface area contributed by atoms with E-state index in [4.69, 9.17) is 4.42 Å². The van der Waals surface area contributed by atoms with Gasteiger partial charge in [0, 0.05) is 6.04 Å². The Hall–Kier alpha value is -0.500. The van der Waals surface area contributed by atoms with Crippen LogP contribution >= 0.6 is 11.8 Å². The maximum absolute atomic E-state index is 12.2. The van der Waals surface area contributed by atoms with Gasteiger partial charge in [-0.05, 0) is 49.9 Å². The summed E-state index contributed by atoms with van der Waals surface area (Å²) < 4.78 is 32.4. The van der Waals surface area contributed by atoms with E-state index in [0.717, 1.165) is 18.7 Å². The molecule has 0 fully saturated rings. The van der Waals surface area contributed by atoms with Crippen molar-refractivity contribution >= 4 is 21.8 Å². The Morgan fingerprint density at radius 3 is 2.62 bits per heavy atom. The van der Waals surface area contributed by atoms with Crippen LogP contribution in [0.15, 0.2) is 21.6 Å². The van der Waals surface area contributed by atoms with Crippen molar-refractivity contribution in [2.45, 2.75) is 44.9 Å². The number of sulfonamides is 1. The molecule has 1 atom stereocenters. The minimum Gasteiger partial charge on any atom is -0.447 e. The predicted molar refractivity (Wildman–Crippen MR) is 88.0 cm³/mol. The molecule has 1 aromatic rings. The molecule has 0 amide bonds. The molecule has 0 aliphatic rings. The first-order valence-electron chi connectivity index (χ1n) is 7.16. The van der Waals surface area contributed by atoms with Gasteiger partial charge in [0.1, 0.15) is 5.76 Å². The molecule has 7 heteroatoms. The van der Waals surface area contributed by atoms with E-state index >= 15 is 0 Å². The molecule has 1 heterocycles. The molecule has 1 aromatic heterocycles. The lowest BCUT2D eigenvalue weighted by Crippen LogP contribution is -2.32.